The van der Waals surface area contributed by atoms with Crippen LogP contribution in [0.4, 0.5) is 5.69 Å². The van der Waals surface area contributed by atoms with E-state index in [4.69, 9.17) is 4.52 Å². The van der Waals surface area contributed by atoms with Crippen LogP contribution >= 0.6 is 0 Å². The fraction of sp³-hybridized carbons (Fsp3) is 0.176. The Morgan fingerprint density at radius 2 is 2.17 bits per heavy atom. The van der Waals surface area contributed by atoms with E-state index in [0.717, 1.165) is 11.1 Å². The maximum absolute atomic E-state index is 11.9. The number of anilines is 1. The SMILES string of the molecule is Cc1cccc(-c2noc(CCC(=O)Nc3cccnc3)n2)c1. The maximum atomic E-state index is 11.9. The quantitative estimate of drug-likeness (QED) is 0.783. The molecule has 2 heterocycles. The van der Waals surface area contributed by atoms with Crippen LogP contribution in [0.2, 0.25) is 0 Å². The monoisotopic (exact) mass is 308 g/mol. The van der Waals surface area contributed by atoms with Crippen molar-refractivity contribution in [2.45, 2.75) is 19.8 Å². The van der Waals surface area contributed by atoms with E-state index >= 15 is 0 Å². The van der Waals surface area contributed by atoms with E-state index in [1.165, 1.54) is 0 Å². The number of pyridine rings is 1. The summed E-state index contributed by atoms with van der Waals surface area (Å²) in [6.45, 7) is 2.01. The van der Waals surface area contributed by atoms with Crippen LogP contribution < -0.4 is 5.32 Å². The zero-order valence-corrected chi connectivity index (χ0v) is 12.7. The minimum atomic E-state index is -0.117. The van der Waals surface area contributed by atoms with E-state index in [2.05, 4.69) is 20.4 Å². The molecule has 3 aromatic rings. The molecule has 0 saturated carbocycles. The van der Waals surface area contributed by atoms with Crippen molar-refractivity contribution in [2.75, 3.05) is 5.32 Å². The van der Waals surface area contributed by atoms with Crippen molar-refractivity contribution >= 4 is 11.6 Å². The Morgan fingerprint density at radius 1 is 1.26 bits per heavy atom. The highest BCUT2D eigenvalue weighted by atomic mass is 16.5. The van der Waals surface area contributed by atoms with Gasteiger partial charge in [-0.3, -0.25) is 9.78 Å². The van der Waals surface area contributed by atoms with E-state index in [1.54, 1.807) is 24.5 Å². The summed E-state index contributed by atoms with van der Waals surface area (Å²) in [6.07, 6.45) is 3.91. The Kier molecular flexibility index (Phi) is 4.42. The van der Waals surface area contributed by atoms with Gasteiger partial charge in [-0.25, -0.2) is 0 Å². The normalized spacial score (nSPS) is 10.5. The first-order valence-electron chi connectivity index (χ1n) is 7.30. The van der Waals surface area contributed by atoms with Crippen LogP contribution in [0, 0.1) is 6.92 Å². The van der Waals surface area contributed by atoms with Gasteiger partial charge in [-0.15, -0.1) is 0 Å². The van der Waals surface area contributed by atoms with Crippen LogP contribution in [-0.2, 0) is 11.2 Å². The number of aromatic nitrogens is 3. The van der Waals surface area contributed by atoms with Gasteiger partial charge in [-0.1, -0.05) is 28.9 Å². The van der Waals surface area contributed by atoms with Gasteiger partial charge in [0.15, 0.2) is 0 Å². The van der Waals surface area contributed by atoms with Crippen molar-refractivity contribution in [1.82, 2.24) is 15.1 Å². The van der Waals surface area contributed by atoms with Gasteiger partial charge in [0.1, 0.15) is 0 Å². The zero-order valence-electron chi connectivity index (χ0n) is 12.7. The van der Waals surface area contributed by atoms with Gasteiger partial charge in [-0.2, -0.15) is 4.98 Å². The molecule has 0 spiro atoms. The molecule has 0 saturated heterocycles. The van der Waals surface area contributed by atoms with Crippen LogP contribution in [0.25, 0.3) is 11.4 Å². The lowest BCUT2D eigenvalue weighted by atomic mass is 10.1. The predicted octanol–water partition coefficient (Wildman–Crippen LogP) is 3.01. The van der Waals surface area contributed by atoms with Gasteiger partial charge in [0.2, 0.25) is 17.6 Å². The molecule has 0 aliphatic heterocycles. The first kappa shape index (κ1) is 14.9. The fourth-order valence-electron chi connectivity index (χ4n) is 2.14. The second-order valence-corrected chi connectivity index (χ2v) is 5.17. The maximum Gasteiger partial charge on any atom is 0.227 e. The number of benzene rings is 1. The Morgan fingerprint density at radius 3 is 2.96 bits per heavy atom. The van der Waals surface area contributed by atoms with Crippen LogP contribution in [0.15, 0.2) is 53.3 Å². The average Bonchev–Trinajstić information content (AvgIpc) is 3.03. The van der Waals surface area contributed by atoms with Gasteiger partial charge < -0.3 is 9.84 Å². The fourth-order valence-corrected chi connectivity index (χ4v) is 2.14. The topological polar surface area (TPSA) is 80.9 Å². The number of nitrogens with one attached hydrogen (secondary N) is 1. The number of hydrogen-bond donors (Lipinski definition) is 1. The van der Waals surface area contributed by atoms with Crippen molar-refractivity contribution in [3.05, 3.63) is 60.2 Å². The standard InChI is InChI=1S/C17H16N4O2/c1-12-4-2-5-13(10-12)17-20-16(23-21-17)8-7-15(22)19-14-6-3-9-18-11-14/h2-6,9-11H,7-8H2,1H3,(H,19,22). The predicted molar refractivity (Wildman–Crippen MR) is 85.7 cm³/mol. The largest absolute Gasteiger partial charge is 0.339 e. The van der Waals surface area contributed by atoms with Gasteiger partial charge >= 0.3 is 0 Å². The molecule has 6 nitrogen and oxygen atoms in total. The second-order valence-electron chi connectivity index (χ2n) is 5.17. The number of rotatable bonds is 5. The summed E-state index contributed by atoms with van der Waals surface area (Å²) in [5.41, 5.74) is 2.70. The highest BCUT2D eigenvalue weighted by Gasteiger charge is 2.11. The van der Waals surface area contributed by atoms with Crippen LogP contribution in [0.3, 0.4) is 0 Å². The molecule has 1 N–H and O–H groups in total. The molecule has 0 unspecified atom stereocenters. The third-order valence-electron chi connectivity index (χ3n) is 3.26. The molecule has 6 heteroatoms. The molecule has 0 aliphatic rings. The van der Waals surface area contributed by atoms with Gasteiger partial charge in [0, 0.05) is 24.6 Å². The lowest BCUT2D eigenvalue weighted by molar-refractivity contribution is -0.116. The van der Waals surface area contributed by atoms with Crippen LogP contribution in [0.5, 0.6) is 0 Å². The summed E-state index contributed by atoms with van der Waals surface area (Å²) < 4.78 is 5.21. The smallest absolute Gasteiger partial charge is 0.227 e. The first-order chi connectivity index (χ1) is 11.2. The molecule has 0 radical (unpaired) electrons. The summed E-state index contributed by atoms with van der Waals surface area (Å²) in [4.78, 5) is 20.2. The lowest BCUT2D eigenvalue weighted by Gasteiger charge is -2.02. The Labute approximate surface area is 133 Å². The molecule has 2 aromatic heterocycles. The Bertz CT molecular complexity index is 799. The number of amides is 1. The Hall–Kier alpha value is -3.02. The van der Waals surface area contributed by atoms with Gasteiger partial charge in [0.25, 0.3) is 0 Å². The lowest BCUT2D eigenvalue weighted by Crippen LogP contribution is -2.12. The van der Waals surface area contributed by atoms with Crippen molar-refractivity contribution in [2.24, 2.45) is 0 Å². The Balaban J connectivity index is 1.58. The number of hydrogen-bond acceptors (Lipinski definition) is 5. The molecule has 1 amide bonds. The van der Waals surface area contributed by atoms with Crippen molar-refractivity contribution < 1.29 is 9.32 Å². The molecule has 0 bridgehead atoms. The summed E-state index contributed by atoms with van der Waals surface area (Å²) >= 11 is 0. The van der Waals surface area contributed by atoms with Crippen molar-refractivity contribution in [1.29, 1.82) is 0 Å². The highest BCUT2D eigenvalue weighted by Crippen LogP contribution is 2.17. The minimum absolute atomic E-state index is 0.117. The average molecular weight is 308 g/mol. The third kappa shape index (κ3) is 4.00. The van der Waals surface area contributed by atoms with Gasteiger partial charge in [0.05, 0.1) is 11.9 Å². The molecule has 116 valence electrons. The summed E-state index contributed by atoms with van der Waals surface area (Å²) in [6, 6.07) is 11.4. The number of nitrogens with zero attached hydrogens (tertiary/aromatic N) is 3. The molecule has 0 aliphatic carbocycles. The number of aryl methyl sites for hydroxylation is 2. The molecular weight excluding hydrogens is 292 g/mol. The van der Waals surface area contributed by atoms with Gasteiger partial charge in [-0.05, 0) is 25.1 Å². The molecule has 0 atom stereocenters. The molecule has 3 rings (SSSR count). The van der Waals surface area contributed by atoms with Crippen molar-refractivity contribution in [3.63, 3.8) is 0 Å². The van der Waals surface area contributed by atoms with E-state index in [-0.39, 0.29) is 12.3 Å². The number of carbonyl (C=O) groups is 1. The third-order valence-corrected chi connectivity index (χ3v) is 3.26. The van der Waals surface area contributed by atoms with Crippen molar-refractivity contribution in [3.8, 4) is 11.4 Å². The summed E-state index contributed by atoms with van der Waals surface area (Å²) in [7, 11) is 0. The van der Waals surface area contributed by atoms with E-state index in [1.807, 2.05) is 31.2 Å². The zero-order chi connectivity index (χ0) is 16.1. The van der Waals surface area contributed by atoms with E-state index in [9.17, 15) is 4.79 Å². The van der Waals surface area contributed by atoms with E-state index in [0.29, 0.717) is 23.8 Å². The van der Waals surface area contributed by atoms with Crippen LogP contribution in [-0.4, -0.2) is 21.0 Å². The first-order valence-corrected chi connectivity index (χ1v) is 7.30. The second kappa shape index (κ2) is 6.83. The van der Waals surface area contributed by atoms with Crippen LogP contribution in [0.1, 0.15) is 17.9 Å². The molecule has 1 aromatic carbocycles. The molecule has 0 fully saturated rings. The summed E-state index contributed by atoms with van der Waals surface area (Å²) in [5.74, 6) is 0.868. The highest BCUT2D eigenvalue weighted by molar-refractivity contribution is 5.90. The molecule has 23 heavy (non-hydrogen) atoms. The number of carbonyl (C=O) groups excluding carboxylic acids is 1. The summed E-state index contributed by atoms with van der Waals surface area (Å²) in [5, 5.41) is 6.73. The minimum Gasteiger partial charge on any atom is -0.339 e. The molecular formula is C17H16N4O2. The van der Waals surface area contributed by atoms with E-state index < -0.39 is 0 Å².